The molecule has 0 saturated carbocycles. The summed E-state index contributed by atoms with van der Waals surface area (Å²) >= 11 is 0. The fraction of sp³-hybridized carbons (Fsp3) is 0.636. The fourth-order valence-corrected chi connectivity index (χ4v) is 0.572. The highest BCUT2D eigenvalue weighted by atomic mass is 16.3. The molecule has 0 aliphatic heterocycles. The predicted molar refractivity (Wildman–Crippen MR) is 61.0 cm³/mol. The lowest BCUT2D eigenvalue weighted by Gasteiger charge is -2.04. The molecule has 0 aromatic rings. The number of rotatable bonds is 6. The molecule has 0 radical (unpaired) electrons. The number of aliphatic hydroxyl groups is 2. The second-order valence-corrected chi connectivity index (χ2v) is 2.79. The molecular formula is C11H23NO2. The summed E-state index contributed by atoms with van der Waals surface area (Å²) in [5.74, 6) is 0. The van der Waals surface area contributed by atoms with E-state index in [2.05, 4.69) is 25.7 Å². The van der Waals surface area contributed by atoms with E-state index in [1.54, 1.807) is 18.2 Å². The molecule has 0 bridgehead atoms. The van der Waals surface area contributed by atoms with E-state index in [0.717, 1.165) is 0 Å². The first-order valence-electron chi connectivity index (χ1n) is 5.02. The number of hydrogen-bond acceptors (Lipinski definition) is 3. The Hall–Kier alpha value is -0.640. The molecule has 1 atom stereocenters. The van der Waals surface area contributed by atoms with Crippen molar-refractivity contribution in [2.24, 2.45) is 0 Å². The van der Waals surface area contributed by atoms with Crippen LogP contribution in [0, 0.1) is 0 Å². The maximum absolute atomic E-state index is 9.08. The van der Waals surface area contributed by atoms with Crippen molar-refractivity contribution in [2.75, 3.05) is 13.2 Å². The SMILES string of the molecule is C=CCNC(O)/C=C/CCO.CCC. The molecule has 0 rings (SSSR count). The average molecular weight is 201 g/mol. The first-order valence-corrected chi connectivity index (χ1v) is 5.02. The summed E-state index contributed by atoms with van der Waals surface area (Å²) < 4.78 is 0. The smallest absolute Gasteiger partial charge is 0.124 e. The van der Waals surface area contributed by atoms with E-state index in [0.29, 0.717) is 13.0 Å². The van der Waals surface area contributed by atoms with E-state index in [4.69, 9.17) is 10.2 Å². The maximum atomic E-state index is 9.08. The van der Waals surface area contributed by atoms with Crippen LogP contribution in [-0.4, -0.2) is 29.6 Å². The molecule has 0 heterocycles. The van der Waals surface area contributed by atoms with Gasteiger partial charge in [0.25, 0.3) is 0 Å². The predicted octanol–water partition coefficient (Wildman–Crippen LogP) is 1.44. The number of nitrogens with one attached hydrogen (secondary N) is 1. The van der Waals surface area contributed by atoms with Crippen molar-refractivity contribution < 1.29 is 10.2 Å². The molecule has 0 fully saturated rings. The molecule has 0 amide bonds. The summed E-state index contributed by atoms with van der Waals surface area (Å²) in [6.07, 6.45) is 6.18. The van der Waals surface area contributed by atoms with E-state index in [9.17, 15) is 0 Å². The summed E-state index contributed by atoms with van der Waals surface area (Å²) in [6.45, 7) is 8.43. The molecule has 0 aromatic carbocycles. The van der Waals surface area contributed by atoms with Gasteiger partial charge in [-0.3, -0.25) is 5.32 Å². The molecular weight excluding hydrogens is 178 g/mol. The van der Waals surface area contributed by atoms with Crippen LogP contribution >= 0.6 is 0 Å². The molecule has 84 valence electrons. The van der Waals surface area contributed by atoms with Gasteiger partial charge >= 0.3 is 0 Å². The highest BCUT2D eigenvalue weighted by Crippen LogP contribution is 1.84. The minimum absolute atomic E-state index is 0.116. The average Bonchev–Trinajstić information content (AvgIpc) is 2.16. The standard InChI is InChI=1S/C8H15NO2.C3H8/c1-2-6-9-8(11)5-3-4-7-10;1-3-2/h2-3,5,8-11H,1,4,6-7H2;3H2,1-2H3/b5-3+;. The summed E-state index contributed by atoms with van der Waals surface area (Å²) in [4.78, 5) is 0. The van der Waals surface area contributed by atoms with Crippen LogP contribution in [0.1, 0.15) is 26.7 Å². The third-order valence-corrected chi connectivity index (χ3v) is 1.09. The van der Waals surface area contributed by atoms with Gasteiger partial charge in [0.15, 0.2) is 0 Å². The van der Waals surface area contributed by atoms with Gasteiger partial charge in [-0.25, -0.2) is 0 Å². The Bertz CT molecular complexity index is 135. The third-order valence-electron chi connectivity index (χ3n) is 1.09. The van der Waals surface area contributed by atoms with Crippen molar-refractivity contribution >= 4 is 0 Å². The van der Waals surface area contributed by atoms with E-state index in [-0.39, 0.29) is 6.61 Å². The van der Waals surface area contributed by atoms with Gasteiger partial charge in [-0.05, 0) is 12.5 Å². The van der Waals surface area contributed by atoms with Crippen molar-refractivity contribution in [3.8, 4) is 0 Å². The van der Waals surface area contributed by atoms with Gasteiger partial charge in [0.1, 0.15) is 6.23 Å². The lowest BCUT2D eigenvalue weighted by Crippen LogP contribution is -2.26. The highest BCUT2D eigenvalue weighted by Gasteiger charge is 1.92. The van der Waals surface area contributed by atoms with Crippen LogP contribution in [0.5, 0.6) is 0 Å². The van der Waals surface area contributed by atoms with Crippen LogP contribution in [0.2, 0.25) is 0 Å². The van der Waals surface area contributed by atoms with Gasteiger partial charge in [-0.2, -0.15) is 0 Å². The fourth-order valence-electron chi connectivity index (χ4n) is 0.572. The summed E-state index contributed by atoms with van der Waals surface area (Å²) in [5, 5.41) is 20.2. The molecule has 3 heteroatoms. The monoisotopic (exact) mass is 201 g/mol. The van der Waals surface area contributed by atoms with Gasteiger partial charge in [0.2, 0.25) is 0 Å². The zero-order chi connectivity index (χ0) is 11.2. The zero-order valence-corrected chi connectivity index (χ0v) is 9.24. The molecule has 0 aliphatic carbocycles. The minimum atomic E-state index is -0.639. The molecule has 14 heavy (non-hydrogen) atoms. The van der Waals surface area contributed by atoms with Crippen molar-refractivity contribution in [3.05, 3.63) is 24.8 Å². The van der Waals surface area contributed by atoms with Crippen molar-refractivity contribution in [3.63, 3.8) is 0 Å². The van der Waals surface area contributed by atoms with Crippen LogP contribution < -0.4 is 5.32 Å². The second kappa shape index (κ2) is 14.9. The van der Waals surface area contributed by atoms with Crippen molar-refractivity contribution in [1.82, 2.24) is 5.32 Å². The lowest BCUT2D eigenvalue weighted by atomic mass is 10.3. The Kier molecular flexibility index (Phi) is 16.8. The van der Waals surface area contributed by atoms with Crippen molar-refractivity contribution in [2.45, 2.75) is 32.9 Å². The van der Waals surface area contributed by atoms with Crippen LogP contribution in [0.15, 0.2) is 24.8 Å². The van der Waals surface area contributed by atoms with Crippen LogP contribution in [0.4, 0.5) is 0 Å². The van der Waals surface area contributed by atoms with Crippen LogP contribution in [0.3, 0.4) is 0 Å². The summed E-state index contributed by atoms with van der Waals surface area (Å²) in [5.41, 5.74) is 0. The molecule has 3 nitrogen and oxygen atoms in total. The summed E-state index contributed by atoms with van der Waals surface area (Å²) in [6, 6.07) is 0. The Labute approximate surface area is 87.2 Å². The van der Waals surface area contributed by atoms with E-state index in [1.807, 2.05) is 0 Å². The van der Waals surface area contributed by atoms with Crippen LogP contribution in [-0.2, 0) is 0 Å². The van der Waals surface area contributed by atoms with Gasteiger partial charge < -0.3 is 10.2 Å². The number of aliphatic hydroxyl groups excluding tert-OH is 2. The first-order chi connectivity index (χ1) is 6.72. The molecule has 0 aromatic heterocycles. The van der Waals surface area contributed by atoms with Crippen LogP contribution in [0.25, 0.3) is 0 Å². The molecule has 0 spiro atoms. The van der Waals surface area contributed by atoms with E-state index >= 15 is 0 Å². The third kappa shape index (κ3) is 17.4. The molecule has 1 unspecified atom stereocenters. The van der Waals surface area contributed by atoms with Gasteiger partial charge in [-0.15, -0.1) is 6.58 Å². The van der Waals surface area contributed by atoms with Gasteiger partial charge in [0.05, 0.1) is 0 Å². The largest absolute Gasteiger partial charge is 0.396 e. The number of hydrogen-bond donors (Lipinski definition) is 3. The minimum Gasteiger partial charge on any atom is -0.396 e. The quantitative estimate of drug-likeness (QED) is 0.450. The molecule has 3 N–H and O–H groups in total. The molecule has 0 saturated heterocycles. The summed E-state index contributed by atoms with van der Waals surface area (Å²) in [7, 11) is 0. The van der Waals surface area contributed by atoms with Gasteiger partial charge in [0, 0.05) is 13.2 Å². The Morgan fingerprint density at radius 2 is 2.00 bits per heavy atom. The van der Waals surface area contributed by atoms with E-state index in [1.165, 1.54) is 6.42 Å². The van der Waals surface area contributed by atoms with E-state index < -0.39 is 6.23 Å². The van der Waals surface area contributed by atoms with Crippen molar-refractivity contribution in [1.29, 1.82) is 0 Å². The Morgan fingerprint density at radius 1 is 1.43 bits per heavy atom. The lowest BCUT2D eigenvalue weighted by molar-refractivity contribution is 0.189. The Morgan fingerprint density at radius 3 is 2.43 bits per heavy atom. The normalized spacial score (nSPS) is 12.0. The Balaban J connectivity index is 0. The first kappa shape index (κ1) is 15.8. The zero-order valence-electron chi connectivity index (χ0n) is 9.24. The second-order valence-electron chi connectivity index (χ2n) is 2.79. The van der Waals surface area contributed by atoms with Gasteiger partial charge in [-0.1, -0.05) is 32.4 Å². The maximum Gasteiger partial charge on any atom is 0.124 e. The molecule has 0 aliphatic rings. The highest BCUT2D eigenvalue weighted by molar-refractivity contribution is 4.88. The topological polar surface area (TPSA) is 52.5 Å².